The molecule has 1 unspecified atom stereocenters. The second-order valence-electron chi connectivity index (χ2n) is 5.04. The molecule has 2 aromatic heterocycles. The molecule has 1 aliphatic heterocycles. The molecule has 0 aliphatic carbocycles. The molecule has 18 heavy (non-hydrogen) atoms. The number of rotatable bonds is 3. The third-order valence-corrected chi connectivity index (χ3v) is 3.44. The molecule has 2 aromatic rings. The molecule has 1 fully saturated rings. The van der Waals surface area contributed by atoms with Crippen LogP contribution in [0, 0.1) is 0 Å². The van der Waals surface area contributed by atoms with Crippen LogP contribution in [0.1, 0.15) is 30.6 Å². The summed E-state index contributed by atoms with van der Waals surface area (Å²) in [5, 5.41) is 7.39. The van der Waals surface area contributed by atoms with E-state index < -0.39 is 0 Å². The number of nitrogens with zero attached hydrogens (tertiary/aromatic N) is 3. The Labute approximate surface area is 106 Å². The molecule has 1 N–H and O–H groups in total. The van der Waals surface area contributed by atoms with E-state index in [1.807, 2.05) is 18.3 Å². The first-order chi connectivity index (χ1) is 8.76. The summed E-state index contributed by atoms with van der Waals surface area (Å²) in [5.74, 6) is 1.47. The van der Waals surface area contributed by atoms with Gasteiger partial charge in [0.05, 0.1) is 5.41 Å². The van der Waals surface area contributed by atoms with E-state index in [1.165, 1.54) is 0 Å². The van der Waals surface area contributed by atoms with Crippen molar-refractivity contribution >= 4 is 0 Å². The molecule has 0 amide bonds. The van der Waals surface area contributed by atoms with Crippen molar-refractivity contribution in [1.29, 1.82) is 0 Å². The Morgan fingerprint density at radius 2 is 2.44 bits per heavy atom. The molecular formula is C13H16N4O. The van der Waals surface area contributed by atoms with Crippen molar-refractivity contribution in [3.8, 4) is 0 Å². The van der Waals surface area contributed by atoms with E-state index in [-0.39, 0.29) is 5.41 Å². The van der Waals surface area contributed by atoms with Gasteiger partial charge in [-0.25, -0.2) is 0 Å². The van der Waals surface area contributed by atoms with Crippen molar-refractivity contribution in [2.45, 2.75) is 25.2 Å². The maximum atomic E-state index is 5.40. The van der Waals surface area contributed by atoms with Gasteiger partial charge in [0.25, 0.3) is 0 Å². The summed E-state index contributed by atoms with van der Waals surface area (Å²) < 4.78 is 5.40. The minimum Gasteiger partial charge on any atom is -0.339 e. The van der Waals surface area contributed by atoms with Gasteiger partial charge in [0.15, 0.2) is 5.82 Å². The van der Waals surface area contributed by atoms with Gasteiger partial charge in [-0.05, 0) is 31.5 Å². The van der Waals surface area contributed by atoms with Crippen LogP contribution in [0.4, 0.5) is 0 Å². The third kappa shape index (κ3) is 2.13. The standard InChI is InChI=1S/C13H16N4O/c1-13(4-6-15-9-13)12-16-11(17-18-12)7-10-3-2-5-14-8-10/h2-3,5,8,15H,4,6-7,9H2,1H3. The fourth-order valence-corrected chi connectivity index (χ4v) is 2.26. The monoisotopic (exact) mass is 244 g/mol. The highest BCUT2D eigenvalue weighted by molar-refractivity contribution is 5.15. The lowest BCUT2D eigenvalue weighted by Crippen LogP contribution is -2.25. The predicted molar refractivity (Wildman–Crippen MR) is 66.2 cm³/mol. The van der Waals surface area contributed by atoms with Gasteiger partial charge in [-0.15, -0.1) is 0 Å². The average Bonchev–Trinajstić information content (AvgIpc) is 3.01. The zero-order valence-corrected chi connectivity index (χ0v) is 10.4. The van der Waals surface area contributed by atoms with Crippen LogP contribution >= 0.6 is 0 Å². The van der Waals surface area contributed by atoms with E-state index in [0.29, 0.717) is 6.42 Å². The Balaban J connectivity index is 1.78. The van der Waals surface area contributed by atoms with Crippen LogP contribution in [0.25, 0.3) is 0 Å². The molecule has 0 radical (unpaired) electrons. The van der Waals surface area contributed by atoms with Crippen molar-refractivity contribution in [3.63, 3.8) is 0 Å². The van der Waals surface area contributed by atoms with E-state index in [9.17, 15) is 0 Å². The van der Waals surface area contributed by atoms with Crippen LogP contribution in [-0.4, -0.2) is 28.2 Å². The number of pyridine rings is 1. The topological polar surface area (TPSA) is 63.8 Å². The van der Waals surface area contributed by atoms with Gasteiger partial charge in [-0.3, -0.25) is 4.98 Å². The zero-order chi connectivity index (χ0) is 12.4. The van der Waals surface area contributed by atoms with Gasteiger partial charge in [0.1, 0.15) is 0 Å². The fraction of sp³-hybridized carbons (Fsp3) is 0.462. The number of nitrogens with one attached hydrogen (secondary N) is 1. The first kappa shape index (κ1) is 11.3. The molecule has 1 atom stereocenters. The van der Waals surface area contributed by atoms with E-state index in [4.69, 9.17) is 4.52 Å². The lowest BCUT2D eigenvalue weighted by atomic mass is 9.90. The van der Waals surface area contributed by atoms with Crippen LogP contribution in [0.5, 0.6) is 0 Å². The zero-order valence-electron chi connectivity index (χ0n) is 10.4. The lowest BCUT2D eigenvalue weighted by Gasteiger charge is -2.15. The molecule has 5 heteroatoms. The quantitative estimate of drug-likeness (QED) is 0.881. The SMILES string of the molecule is CC1(c2nc(Cc3cccnc3)no2)CCNC1. The van der Waals surface area contributed by atoms with E-state index >= 15 is 0 Å². The second-order valence-corrected chi connectivity index (χ2v) is 5.04. The van der Waals surface area contributed by atoms with Crippen LogP contribution < -0.4 is 5.32 Å². The van der Waals surface area contributed by atoms with E-state index in [0.717, 1.165) is 36.8 Å². The van der Waals surface area contributed by atoms with Gasteiger partial charge in [-0.1, -0.05) is 11.2 Å². The maximum Gasteiger partial charge on any atom is 0.233 e. The lowest BCUT2D eigenvalue weighted by molar-refractivity contribution is 0.304. The predicted octanol–water partition coefficient (Wildman–Crippen LogP) is 1.31. The Kier molecular flexibility index (Phi) is 2.83. The minimum absolute atomic E-state index is 0.0137. The highest BCUT2D eigenvalue weighted by Crippen LogP contribution is 2.28. The van der Waals surface area contributed by atoms with E-state index in [2.05, 4.69) is 27.4 Å². The van der Waals surface area contributed by atoms with Crippen molar-refractivity contribution < 1.29 is 4.52 Å². The van der Waals surface area contributed by atoms with Crippen LogP contribution in [0.3, 0.4) is 0 Å². The van der Waals surface area contributed by atoms with Gasteiger partial charge in [-0.2, -0.15) is 4.98 Å². The van der Waals surface area contributed by atoms with Crippen molar-refractivity contribution in [2.75, 3.05) is 13.1 Å². The van der Waals surface area contributed by atoms with E-state index in [1.54, 1.807) is 6.20 Å². The van der Waals surface area contributed by atoms with Crippen LogP contribution in [0.15, 0.2) is 29.0 Å². The largest absolute Gasteiger partial charge is 0.339 e. The Bertz CT molecular complexity index is 517. The molecule has 5 nitrogen and oxygen atoms in total. The molecule has 94 valence electrons. The summed E-state index contributed by atoms with van der Waals surface area (Å²) in [5.41, 5.74) is 1.08. The highest BCUT2D eigenvalue weighted by atomic mass is 16.5. The molecule has 1 aliphatic rings. The molecule has 0 saturated carbocycles. The number of aromatic nitrogens is 3. The Hall–Kier alpha value is -1.75. The maximum absolute atomic E-state index is 5.40. The summed E-state index contributed by atoms with van der Waals surface area (Å²) >= 11 is 0. The summed E-state index contributed by atoms with van der Waals surface area (Å²) in [6, 6.07) is 3.93. The van der Waals surface area contributed by atoms with Crippen molar-refractivity contribution in [3.05, 3.63) is 41.8 Å². The number of hydrogen-bond acceptors (Lipinski definition) is 5. The van der Waals surface area contributed by atoms with Crippen molar-refractivity contribution in [2.24, 2.45) is 0 Å². The molecule has 0 bridgehead atoms. The second kappa shape index (κ2) is 4.49. The highest BCUT2D eigenvalue weighted by Gasteiger charge is 2.36. The summed E-state index contributed by atoms with van der Waals surface area (Å²) in [6.45, 7) is 4.08. The molecule has 0 aromatic carbocycles. The summed E-state index contributed by atoms with van der Waals surface area (Å²) in [7, 11) is 0. The van der Waals surface area contributed by atoms with Gasteiger partial charge in [0, 0.05) is 25.4 Å². The van der Waals surface area contributed by atoms with Gasteiger partial charge >= 0.3 is 0 Å². The normalized spacial score (nSPS) is 23.4. The molecule has 3 rings (SSSR count). The Morgan fingerprint density at radius 3 is 3.17 bits per heavy atom. The molecule has 3 heterocycles. The minimum atomic E-state index is -0.0137. The van der Waals surface area contributed by atoms with Crippen LogP contribution in [0.2, 0.25) is 0 Å². The summed E-state index contributed by atoms with van der Waals surface area (Å²) in [4.78, 5) is 8.60. The van der Waals surface area contributed by atoms with Crippen molar-refractivity contribution in [1.82, 2.24) is 20.4 Å². The molecule has 0 spiro atoms. The van der Waals surface area contributed by atoms with Crippen LogP contribution in [-0.2, 0) is 11.8 Å². The molecule has 1 saturated heterocycles. The Morgan fingerprint density at radius 1 is 1.50 bits per heavy atom. The third-order valence-electron chi connectivity index (χ3n) is 3.44. The summed E-state index contributed by atoms with van der Waals surface area (Å²) in [6.07, 6.45) is 5.30. The van der Waals surface area contributed by atoms with Gasteiger partial charge < -0.3 is 9.84 Å². The smallest absolute Gasteiger partial charge is 0.233 e. The average molecular weight is 244 g/mol. The number of hydrogen-bond donors (Lipinski definition) is 1. The fourth-order valence-electron chi connectivity index (χ4n) is 2.26. The van der Waals surface area contributed by atoms with Gasteiger partial charge in [0.2, 0.25) is 5.89 Å². The first-order valence-electron chi connectivity index (χ1n) is 6.19. The first-order valence-corrected chi connectivity index (χ1v) is 6.19. The molecular weight excluding hydrogens is 228 g/mol.